The van der Waals surface area contributed by atoms with Crippen LogP contribution in [0.1, 0.15) is 13.3 Å². The maximum atomic E-state index is 11.1. The molecule has 1 aliphatic heterocycles. The van der Waals surface area contributed by atoms with Crippen molar-refractivity contribution in [3.05, 3.63) is 0 Å². The van der Waals surface area contributed by atoms with E-state index in [4.69, 9.17) is 9.84 Å². The van der Waals surface area contributed by atoms with Crippen molar-refractivity contribution in [1.29, 1.82) is 0 Å². The molecule has 0 bridgehead atoms. The van der Waals surface area contributed by atoms with Gasteiger partial charge in [0.1, 0.15) is 24.4 Å². The summed E-state index contributed by atoms with van der Waals surface area (Å²) in [5, 5.41) is 39.8. The fourth-order valence-electron chi connectivity index (χ4n) is 1.54. The SMILES string of the molecule is CCC(=O)N[C@H]1[C@H](O)[C@@H](O)[C@H](CO)O[C@@H]1O. The van der Waals surface area contributed by atoms with Crippen LogP contribution in [0, 0.1) is 0 Å². The Balaban J connectivity index is 2.67. The van der Waals surface area contributed by atoms with Gasteiger partial charge in [0.2, 0.25) is 5.91 Å². The number of carbonyl (C=O) groups is 1. The minimum atomic E-state index is -1.45. The lowest BCUT2D eigenvalue weighted by atomic mass is 9.97. The summed E-state index contributed by atoms with van der Waals surface area (Å²) < 4.78 is 4.86. The summed E-state index contributed by atoms with van der Waals surface area (Å²) >= 11 is 0. The van der Waals surface area contributed by atoms with E-state index in [-0.39, 0.29) is 12.3 Å². The summed E-state index contributed by atoms with van der Waals surface area (Å²) in [6.45, 7) is 1.09. The molecule has 7 heteroatoms. The lowest BCUT2D eigenvalue weighted by Crippen LogP contribution is -2.64. The zero-order valence-corrected chi connectivity index (χ0v) is 8.91. The molecule has 0 radical (unpaired) electrons. The molecule has 0 aromatic rings. The van der Waals surface area contributed by atoms with Crippen molar-refractivity contribution in [1.82, 2.24) is 5.32 Å². The number of aliphatic hydroxyl groups excluding tert-OH is 4. The Morgan fingerprint density at radius 2 is 1.94 bits per heavy atom. The standard InChI is InChI=1S/C9H17NO6/c1-2-5(12)10-6-8(14)7(13)4(3-11)16-9(6)15/h4,6-9,11,13-15H,2-3H2,1H3,(H,10,12)/t4-,6-,7-,8-,9-/m0/s1. The summed E-state index contributed by atoms with van der Waals surface area (Å²) in [6.07, 6.45) is -5.05. The summed E-state index contributed by atoms with van der Waals surface area (Å²) in [7, 11) is 0. The van der Waals surface area contributed by atoms with Crippen LogP contribution in [0.4, 0.5) is 0 Å². The van der Waals surface area contributed by atoms with Crippen LogP contribution >= 0.6 is 0 Å². The van der Waals surface area contributed by atoms with Gasteiger partial charge in [-0.15, -0.1) is 0 Å². The van der Waals surface area contributed by atoms with E-state index >= 15 is 0 Å². The maximum Gasteiger partial charge on any atom is 0.220 e. The third kappa shape index (κ3) is 2.69. The molecule has 1 rings (SSSR count). The highest BCUT2D eigenvalue weighted by Gasteiger charge is 2.44. The van der Waals surface area contributed by atoms with Gasteiger partial charge in [0, 0.05) is 6.42 Å². The second kappa shape index (κ2) is 5.55. The molecule has 1 amide bonds. The third-order valence-electron chi connectivity index (χ3n) is 2.55. The highest BCUT2D eigenvalue weighted by atomic mass is 16.6. The fraction of sp³-hybridized carbons (Fsp3) is 0.889. The first-order valence-electron chi connectivity index (χ1n) is 5.11. The molecule has 94 valence electrons. The molecule has 0 aromatic carbocycles. The summed E-state index contributed by atoms with van der Waals surface area (Å²) in [5.41, 5.74) is 0. The van der Waals surface area contributed by atoms with Gasteiger partial charge in [-0.2, -0.15) is 0 Å². The van der Waals surface area contributed by atoms with Gasteiger partial charge in [-0.1, -0.05) is 6.92 Å². The number of aliphatic hydroxyl groups is 4. The van der Waals surface area contributed by atoms with Crippen LogP contribution in [0.3, 0.4) is 0 Å². The van der Waals surface area contributed by atoms with Crippen LogP contribution in [0.5, 0.6) is 0 Å². The van der Waals surface area contributed by atoms with E-state index in [1.807, 2.05) is 0 Å². The predicted octanol–water partition coefficient (Wildman–Crippen LogP) is -2.69. The highest BCUT2D eigenvalue weighted by molar-refractivity contribution is 5.76. The molecule has 5 atom stereocenters. The zero-order valence-electron chi connectivity index (χ0n) is 8.91. The molecule has 7 nitrogen and oxygen atoms in total. The number of carbonyl (C=O) groups excluding carboxylic acids is 1. The van der Waals surface area contributed by atoms with Crippen molar-refractivity contribution in [2.24, 2.45) is 0 Å². The Labute approximate surface area is 92.7 Å². The molecule has 1 heterocycles. The molecule has 0 aliphatic carbocycles. The number of rotatable bonds is 3. The lowest BCUT2D eigenvalue weighted by Gasteiger charge is -2.40. The van der Waals surface area contributed by atoms with Crippen LogP contribution in [-0.4, -0.2) is 63.6 Å². The van der Waals surface area contributed by atoms with Crippen molar-refractivity contribution in [2.75, 3.05) is 6.61 Å². The second-order valence-electron chi connectivity index (χ2n) is 3.68. The van der Waals surface area contributed by atoms with Gasteiger partial charge in [-0.3, -0.25) is 4.79 Å². The predicted molar refractivity (Wildman–Crippen MR) is 52.2 cm³/mol. The van der Waals surface area contributed by atoms with Crippen molar-refractivity contribution < 1.29 is 30.0 Å². The average Bonchev–Trinajstić information content (AvgIpc) is 2.28. The molecule has 5 N–H and O–H groups in total. The number of ether oxygens (including phenoxy) is 1. The summed E-state index contributed by atoms with van der Waals surface area (Å²) in [5.74, 6) is -0.374. The molecule has 0 spiro atoms. The molecule has 0 unspecified atom stereocenters. The third-order valence-corrected chi connectivity index (χ3v) is 2.55. The molecule has 1 saturated heterocycles. The van der Waals surface area contributed by atoms with Gasteiger partial charge in [-0.25, -0.2) is 0 Å². The van der Waals surface area contributed by atoms with E-state index in [0.717, 1.165) is 0 Å². The molecule has 1 fully saturated rings. The average molecular weight is 235 g/mol. The Morgan fingerprint density at radius 1 is 1.31 bits per heavy atom. The quantitative estimate of drug-likeness (QED) is 0.363. The number of hydrogen-bond acceptors (Lipinski definition) is 6. The van der Waals surface area contributed by atoms with Crippen LogP contribution in [-0.2, 0) is 9.53 Å². The van der Waals surface area contributed by atoms with Gasteiger partial charge in [0.25, 0.3) is 0 Å². The van der Waals surface area contributed by atoms with E-state index < -0.39 is 37.3 Å². The van der Waals surface area contributed by atoms with Gasteiger partial charge in [0.05, 0.1) is 6.61 Å². The Morgan fingerprint density at radius 3 is 2.44 bits per heavy atom. The zero-order chi connectivity index (χ0) is 12.3. The van der Waals surface area contributed by atoms with Crippen LogP contribution in [0.25, 0.3) is 0 Å². The lowest BCUT2D eigenvalue weighted by molar-refractivity contribution is -0.253. The summed E-state index contributed by atoms with van der Waals surface area (Å²) in [4.78, 5) is 11.1. The highest BCUT2D eigenvalue weighted by Crippen LogP contribution is 2.19. The first kappa shape index (κ1) is 13.3. The van der Waals surface area contributed by atoms with Crippen molar-refractivity contribution in [3.8, 4) is 0 Å². The van der Waals surface area contributed by atoms with Gasteiger partial charge in [-0.05, 0) is 0 Å². The second-order valence-corrected chi connectivity index (χ2v) is 3.68. The minimum Gasteiger partial charge on any atom is -0.394 e. The van der Waals surface area contributed by atoms with Crippen molar-refractivity contribution in [2.45, 2.75) is 44.0 Å². The van der Waals surface area contributed by atoms with Gasteiger partial charge < -0.3 is 30.5 Å². The molecular formula is C9H17NO6. The van der Waals surface area contributed by atoms with E-state index in [9.17, 15) is 20.1 Å². The summed E-state index contributed by atoms with van der Waals surface area (Å²) in [6, 6.07) is -1.09. The molecule has 0 saturated carbocycles. The van der Waals surface area contributed by atoms with E-state index in [1.165, 1.54) is 0 Å². The molecule has 0 aromatic heterocycles. The molecule has 1 aliphatic rings. The number of hydrogen-bond donors (Lipinski definition) is 5. The van der Waals surface area contributed by atoms with E-state index in [2.05, 4.69) is 5.32 Å². The van der Waals surface area contributed by atoms with Gasteiger partial charge >= 0.3 is 0 Å². The fourth-order valence-corrected chi connectivity index (χ4v) is 1.54. The van der Waals surface area contributed by atoms with Crippen LogP contribution < -0.4 is 5.32 Å². The largest absolute Gasteiger partial charge is 0.394 e. The smallest absolute Gasteiger partial charge is 0.220 e. The minimum absolute atomic E-state index is 0.190. The van der Waals surface area contributed by atoms with Crippen LogP contribution in [0.2, 0.25) is 0 Å². The Kier molecular flexibility index (Phi) is 4.63. The first-order valence-corrected chi connectivity index (χ1v) is 5.11. The van der Waals surface area contributed by atoms with E-state index in [0.29, 0.717) is 0 Å². The first-order chi connectivity index (χ1) is 7.51. The van der Waals surface area contributed by atoms with Gasteiger partial charge in [0.15, 0.2) is 6.29 Å². The van der Waals surface area contributed by atoms with Crippen molar-refractivity contribution >= 4 is 5.91 Å². The number of amides is 1. The van der Waals surface area contributed by atoms with E-state index in [1.54, 1.807) is 6.92 Å². The molecular weight excluding hydrogens is 218 g/mol. The maximum absolute atomic E-state index is 11.1. The number of nitrogens with one attached hydrogen (secondary N) is 1. The van der Waals surface area contributed by atoms with Crippen molar-refractivity contribution in [3.63, 3.8) is 0 Å². The molecule has 16 heavy (non-hydrogen) atoms. The topological polar surface area (TPSA) is 119 Å². The normalized spacial score (nSPS) is 39.4. The monoisotopic (exact) mass is 235 g/mol. The Bertz CT molecular complexity index is 248. The van der Waals surface area contributed by atoms with Crippen LogP contribution in [0.15, 0.2) is 0 Å². The Hall–Kier alpha value is -0.730.